The molecular weight excluding hydrogens is 393 g/mol. The molecule has 2 aliphatic rings. The molecule has 162 valence electrons. The molecule has 4 nitrogen and oxygen atoms in total. The number of piperidine rings is 1. The maximum atomic E-state index is 15.0. The van der Waals surface area contributed by atoms with E-state index in [9.17, 15) is 9.60 Å². The smallest absolute Gasteiger partial charge is 0.267 e. The minimum atomic E-state index is -2.88. The second-order valence-electron chi connectivity index (χ2n) is 8.52. The van der Waals surface area contributed by atoms with Gasteiger partial charge in [0, 0.05) is 12.5 Å². The number of hydrogen-bond donors (Lipinski definition) is 0. The molecule has 3 atom stereocenters. The van der Waals surface area contributed by atoms with Crippen LogP contribution in [0.5, 0.6) is 5.75 Å². The van der Waals surface area contributed by atoms with Crippen molar-refractivity contribution in [3.05, 3.63) is 64.6 Å². The molecule has 2 aliphatic heterocycles. The predicted octanol–water partition coefficient (Wildman–Crippen LogP) is 4.84. The molecule has 0 N–H and O–H groups in total. The zero-order chi connectivity index (χ0) is 21.5. The van der Waals surface area contributed by atoms with E-state index < -0.39 is 22.3 Å². The molecular formula is C23H27F3N2O2. The number of rotatable bonds is 4. The molecule has 0 radical (unpaired) electrons. The topological polar surface area (TPSA) is 35.5 Å². The van der Waals surface area contributed by atoms with Crippen molar-refractivity contribution in [1.29, 1.82) is 0 Å². The SMILES string of the molecule is COc1ccc(C2CCN(C3CC[N+]([O-])(c4ccc(C)c(F)c4)C3)CC2(F)F)cc1. The third-order valence-electron chi connectivity index (χ3n) is 6.62. The fourth-order valence-electron chi connectivity index (χ4n) is 4.77. The first-order valence-corrected chi connectivity index (χ1v) is 10.3. The van der Waals surface area contributed by atoms with Crippen molar-refractivity contribution in [2.75, 3.05) is 33.3 Å². The summed E-state index contributed by atoms with van der Waals surface area (Å²) in [6.45, 7) is 2.24. The number of hydroxylamine groups is 2. The summed E-state index contributed by atoms with van der Waals surface area (Å²) in [5.74, 6) is -3.50. The van der Waals surface area contributed by atoms with Gasteiger partial charge in [0.05, 0.1) is 38.7 Å². The Balaban J connectivity index is 1.45. The fraction of sp³-hybridized carbons (Fsp3) is 0.478. The van der Waals surface area contributed by atoms with Crippen molar-refractivity contribution in [2.24, 2.45) is 0 Å². The lowest BCUT2D eigenvalue weighted by Crippen LogP contribution is -2.53. The molecule has 2 saturated heterocycles. The van der Waals surface area contributed by atoms with Gasteiger partial charge < -0.3 is 14.6 Å². The Kier molecular flexibility index (Phi) is 5.55. The van der Waals surface area contributed by atoms with Crippen LogP contribution in [0, 0.1) is 17.9 Å². The number of hydrogen-bond acceptors (Lipinski definition) is 3. The van der Waals surface area contributed by atoms with Gasteiger partial charge >= 0.3 is 0 Å². The maximum absolute atomic E-state index is 15.0. The molecule has 0 amide bonds. The van der Waals surface area contributed by atoms with Gasteiger partial charge in [-0.1, -0.05) is 18.2 Å². The van der Waals surface area contributed by atoms with Crippen molar-refractivity contribution < 1.29 is 17.9 Å². The van der Waals surface area contributed by atoms with Gasteiger partial charge in [-0.25, -0.2) is 13.2 Å². The number of methoxy groups -OCH3 is 1. The molecule has 7 heteroatoms. The summed E-state index contributed by atoms with van der Waals surface area (Å²) in [6, 6.07) is 11.1. The molecule has 3 unspecified atom stereocenters. The summed E-state index contributed by atoms with van der Waals surface area (Å²) in [6.07, 6.45) is 0.857. The number of benzene rings is 2. The number of halogens is 3. The van der Waals surface area contributed by atoms with Crippen LogP contribution in [0.25, 0.3) is 0 Å². The summed E-state index contributed by atoms with van der Waals surface area (Å²) < 4.78 is 48.5. The molecule has 0 bridgehead atoms. The van der Waals surface area contributed by atoms with Crippen LogP contribution in [0.15, 0.2) is 42.5 Å². The monoisotopic (exact) mass is 420 g/mol. The molecule has 4 rings (SSSR count). The minimum Gasteiger partial charge on any atom is -0.627 e. The Hall–Kier alpha value is -2.09. The highest BCUT2D eigenvalue weighted by molar-refractivity contribution is 5.46. The third-order valence-corrected chi connectivity index (χ3v) is 6.62. The quantitative estimate of drug-likeness (QED) is 0.524. The van der Waals surface area contributed by atoms with Gasteiger partial charge in [-0.3, -0.25) is 4.90 Å². The van der Waals surface area contributed by atoms with Gasteiger partial charge in [0.1, 0.15) is 17.3 Å². The van der Waals surface area contributed by atoms with E-state index >= 15 is 8.78 Å². The standard InChI is InChI=1S/C23H27F3N2O2/c1-16-3-6-19(13-22(16)24)28(29)12-10-18(14-28)27-11-9-21(23(25,26)15-27)17-4-7-20(30-2)8-5-17/h3-8,13,18,21H,9-12,14-15H2,1-2H3. The lowest BCUT2D eigenvalue weighted by atomic mass is 9.85. The van der Waals surface area contributed by atoms with Crippen LogP contribution < -0.4 is 9.38 Å². The van der Waals surface area contributed by atoms with Crippen molar-refractivity contribution >= 4 is 5.69 Å². The van der Waals surface area contributed by atoms with Gasteiger partial charge in [0.25, 0.3) is 5.92 Å². The van der Waals surface area contributed by atoms with Gasteiger partial charge in [-0.15, -0.1) is 0 Å². The fourth-order valence-corrected chi connectivity index (χ4v) is 4.77. The zero-order valence-corrected chi connectivity index (χ0v) is 17.3. The first kappa shape index (κ1) is 21.2. The minimum absolute atomic E-state index is 0.172. The van der Waals surface area contributed by atoms with Crippen LogP contribution in [0.2, 0.25) is 0 Å². The number of ether oxygens (including phenoxy) is 1. The van der Waals surface area contributed by atoms with Gasteiger partial charge in [-0.05, 0) is 49.2 Å². The highest BCUT2D eigenvalue weighted by Crippen LogP contribution is 2.42. The average Bonchev–Trinajstić information content (AvgIpc) is 3.13. The Morgan fingerprint density at radius 3 is 2.50 bits per heavy atom. The third kappa shape index (κ3) is 3.94. The summed E-state index contributed by atoms with van der Waals surface area (Å²) in [7, 11) is 1.54. The Bertz CT molecular complexity index is 906. The highest BCUT2D eigenvalue weighted by atomic mass is 19.3. The van der Waals surface area contributed by atoms with E-state index in [1.54, 1.807) is 55.3 Å². The van der Waals surface area contributed by atoms with Gasteiger partial charge in [0.2, 0.25) is 0 Å². The molecule has 30 heavy (non-hydrogen) atoms. The van der Waals surface area contributed by atoms with Gasteiger partial charge in [-0.2, -0.15) is 0 Å². The second-order valence-corrected chi connectivity index (χ2v) is 8.52. The van der Waals surface area contributed by atoms with Crippen molar-refractivity contribution in [3.8, 4) is 5.75 Å². The Morgan fingerprint density at radius 2 is 1.87 bits per heavy atom. The highest BCUT2D eigenvalue weighted by Gasteiger charge is 2.48. The van der Waals surface area contributed by atoms with Crippen LogP contribution in [0.3, 0.4) is 0 Å². The average molecular weight is 420 g/mol. The molecule has 2 aromatic carbocycles. The van der Waals surface area contributed by atoms with E-state index in [0.29, 0.717) is 42.0 Å². The number of likely N-dealkylation sites (tertiary alicyclic amines) is 1. The second kappa shape index (κ2) is 7.87. The van der Waals surface area contributed by atoms with Crippen LogP contribution in [0.4, 0.5) is 18.9 Å². The summed E-state index contributed by atoms with van der Waals surface area (Å²) in [5, 5.41) is 13.3. The van der Waals surface area contributed by atoms with Crippen molar-refractivity contribution in [2.45, 2.75) is 37.6 Å². The van der Waals surface area contributed by atoms with E-state index in [0.717, 1.165) is 0 Å². The summed E-state index contributed by atoms with van der Waals surface area (Å²) in [4.78, 5) is 1.75. The number of aryl methyl sites for hydroxylation is 1. The first-order chi connectivity index (χ1) is 14.2. The maximum Gasteiger partial charge on any atom is 0.267 e. The Morgan fingerprint density at radius 1 is 1.13 bits per heavy atom. The van der Waals surface area contributed by atoms with Gasteiger partial charge in [0.15, 0.2) is 0 Å². The predicted molar refractivity (Wildman–Crippen MR) is 111 cm³/mol. The lowest BCUT2D eigenvalue weighted by molar-refractivity contribution is -0.0914. The van der Waals surface area contributed by atoms with E-state index in [4.69, 9.17) is 4.74 Å². The largest absolute Gasteiger partial charge is 0.627 e. The number of alkyl halides is 2. The molecule has 0 saturated carbocycles. The van der Waals surface area contributed by atoms with Crippen LogP contribution >= 0.6 is 0 Å². The van der Waals surface area contributed by atoms with Crippen LogP contribution in [-0.4, -0.2) is 50.2 Å². The normalized spacial score (nSPS) is 29.1. The molecule has 0 aliphatic carbocycles. The zero-order valence-electron chi connectivity index (χ0n) is 17.3. The summed E-state index contributed by atoms with van der Waals surface area (Å²) in [5.41, 5.74) is 1.46. The lowest BCUT2D eigenvalue weighted by Gasteiger charge is -2.42. The first-order valence-electron chi connectivity index (χ1n) is 10.3. The summed E-state index contributed by atoms with van der Waals surface area (Å²) >= 11 is 0. The van der Waals surface area contributed by atoms with Crippen LogP contribution in [-0.2, 0) is 0 Å². The molecule has 0 spiro atoms. The van der Waals surface area contributed by atoms with Crippen molar-refractivity contribution in [1.82, 2.24) is 9.55 Å². The van der Waals surface area contributed by atoms with E-state index in [1.165, 1.54) is 6.07 Å². The Labute approximate surface area is 175 Å². The van der Waals surface area contributed by atoms with Crippen molar-refractivity contribution in [3.63, 3.8) is 0 Å². The van der Waals surface area contributed by atoms with E-state index in [1.807, 2.05) is 0 Å². The number of nitrogens with zero attached hydrogens (tertiary/aromatic N) is 2. The van der Waals surface area contributed by atoms with Crippen LogP contribution in [0.1, 0.15) is 29.9 Å². The molecule has 2 aromatic rings. The van der Waals surface area contributed by atoms with E-state index in [-0.39, 0.29) is 25.7 Å². The van der Waals surface area contributed by atoms with E-state index in [2.05, 4.69) is 0 Å². The molecule has 2 heterocycles. The molecule has 0 aromatic heterocycles. The molecule has 2 fully saturated rings. The number of quaternary nitrogens is 1.